The molecule has 4 aromatic rings. The minimum absolute atomic E-state index is 0.158. The second-order valence-electron chi connectivity index (χ2n) is 7.06. The molecule has 0 spiro atoms. The van der Waals surface area contributed by atoms with Gasteiger partial charge in [-0.15, -0.1) is 0 Å². The number of anilines is 1. The van der Waals surface area contributed by atoms with E-state index < -0.39 is 0 Å². The van der Waals surface area contributed by atoms with E-state index >= 15 is 0 Å². The third-order valence-corrected chi connectivity index (χ3v) is 4.95. The molecular formula is C24H21N3O. The summed E-state index contributed by atoms with van der Waals surface area (Å²) in [6.07, 6.45) is 3.32. The van der Waals surface area contributed by atoms with Gasteiger partial charge in [-0.2, -0.15) is 0 Å². The Morgan fingerprint density at radius 2 is 1.64 bits per heavy atom. The summed E-state index contributed by atoms with van der Waals surface area (Å²) < 4.78 is 0. The van der Waals surface area contributed by atoms with Crippen LogP contribution in [-0.4, -0.2) is 15.9 Å². The van der Waals surface area contributed by atoms with E-state index in [2.05, 4.69) is 42.3 Å². The quantitative estimate of drug-likeness (QED) is 0.522. The summed E-state index contributed by atoms with van der Waals surface area (Å²) in [6, 6.07) is 17.7. The van der Waals surface area contributed by atoms with Crippen LogP contribution in [0.15, 0.2) is 67.0 Å². The number of carbonyl (C=O) groups excluding carboxylic acids is 1. The molecule has 0 fully saturated rings. The number of hydrogen-bond donors (Lipinski definition) is 1. The third kappa shape index (κ3) is 3.49. The predicted octanol–water partition coefficient (Wildman–Crippen LogP) is 5.47. The van der Waals surface area contributed by atoms with E-state index in [0.29, 0.717) is 11.3 Å². The van der Waals surface area contributed by atoms with Gasteiger partial charge >= 0.3 is 0 Å². The molecule has 4 rings (SSSR count). The first-order chi connectivity index (χ1) is 13.5. The molecule has 1 N–H and O–H groups in total. The molecule has 2 heterocycles. The Bertz CT molecular complexity index is 1180. The van der Waals surface area contributed by atoms with E-state index in [4.69, 9.17) is 4.98 Å². The highest BCUT2D eigenvalue weighted by Gasteiger charge is 2.15. The Balaban J connectivity index is 1.86. The first-order valence-electron chi connectivity index (χ1n) is 9.22. The van der Waals surface area contributed by atoms with Crippen molar-refractivity contribution in [3.63, 3.8) is 0 Å². The maximum atomic E-state index is 13.1. The number of hydrogen-bond acceptors (Lipinski definition) is 3. The number of rotatable bonds is 3. The number of nitrogens with one attached hydrogen (secondary N) is 1. The van der Waals surface area contributed by atoms with Gasteiger partial charge in [0.25, 0.3) is 5.91 Å². The maximum Gasteiger partial charge on any atom is 0.256 e. The standard InChI is InChI=1S/C24H21N3O/c1-15-4-7-22-20(12-15)21(24(28)26-19-8-10-25-11-9-19)14-23(27-22)18-6-5-16(2)17(3)13-18/h4-14H,1-3H3,(H,25,26,28). The number of fused-ring (bicyclic) bond motifs is 1. The van der Waals surface area contributed by atoms with Crippen LogP contribution in [0.4, 0.5) is 5.69 Å². The van der Waals surface area contributed by atoms with Crippen LogP contribution >= 0.6 is 0 Å². The van der Waals surface area contributed by atoms with Crippen molar-refractivity contribution in [2.24, 2.45) is 0 Å². The summed E-state index contributed by atoms with van der Waals surface area (Å²) in [5, 5.41) is 3.81. The predicted molar refractivity (Wildman–Crippen MR) is 114 cm³/mol. The molecule has 4 heteroatoms. The van der Waals surface area contributed by atoms with Crippen LogP contribution in [0.5, 0.6) is 0 Å². The third-order valence-electron chi connectivity index (χ3n) is 4.95. The fraction of sp³-hybridized carbons (Fsp3) is 0.125. The SMILES string of the molecule is Cc1ccc2nc(-c3ccc(C)c(C)c3)cc(C(=O)Nc3ccncc3)c2c1. The molecular weight excluding hydrogens is 346 g/mol. The van der Waals surface area contributed by atoms with Crippen molar-refractivity contribution < 1.29 is 4.79 Å². The molecule has 1 amide bonds. The lowest BCUT2D eigenvalue weighted by Crippen LogP contribution is -2.13. The van der Waals surface area contributed by atoms with E-state index in [1.165, 1.54) is 11.1 Å². The van der Waals surface area contributed by atoms with Crippen LogP contribution in [0.1, 0.15) is 27.0 Å². The van der Waals surface area contributed by atoms with Crippen LogP contribution in [0.2, 0.25) is 0 Å². The van der Waals surface area contributed by atoms with Gasteiger partial charge < -0.3 is 5.32 Å². The van der Waals surface area contributed by atoms with Crippen molar-refractivity contribution in [1.82, 2.24) is 9.97 Å². The fourth-order valence-electron chi connectivity index (χ4n) is 3.21. The highest BCUT2D eigenvalue weighted by molar-refractivity contribution is 6.13. The van der Waals surface area contributed by atoms with Crippen molar-refractivity contribution in [3.8, 4) is 11.3 Å². The molecule has 0 atom stereocenters. The van der Waals surface area contributed by atoms with Crippen LogP contribution in [0.3, 0.4) is 0 Å². The summed E-state index contributed by atoms with van der Waals surface area (Å²) >= 11 is 0. The van der Waals surface area contributed by atoms with Crippen LogP contribution in [-0.2, 0) is 0 Å². The normalized spacial score (nSPS) is 10.8. The van der Waals surface area contributed by atoms with Gasteiger partial charge in [-0.1, -0.05) is 23.8 Å². The molecule has 0 bridgehead atoms. The van der Waals surface area contributed by atoms with Crippen LogP contribution in [0.25, 0.3) is 22.2 Å². The van der Waals surface area contributed by atoms with Crippen molar-refractivity contribution >= 4 is 22.5 Å². The molecule has 0 aliphatic rings. The Hall–Kier alpha value is -3.53. The molecule has 0 saturated heterocycles. The Kier molecular flexibility index (Phi) is 4.62. The average Bonchev–Trinajstić information content (AvgIpc) is 2.70. The summed E-state index contributed by atoms with van der Waals surface area (Å²) in [7, 11) is 0. The van der Waals surface area contributed by atoms with E-state index in [1.54, 1.807) is 24.5 Å². The minimum Gasteiger partial charge on any atom is -0.322 e. The largest absolute Gasteiger partial charge is 0.322 e. The van der Waals surface area contributed by atoms with E-state index in [-0.39, 0.29) is 5.91 Å². The van der Waals surface area contributed by atoms with Gasteiger partial charge in [0, 0.05) is 29.0 Å². The van der Waals surface area contributed by atoms with Crippen molar-refractivity contribution in [1.29, 1.82) is 0 Å². The van der Waals surface area contributed by atoms with Gasteiger partial charge in [-0.05, 0) is 68.3 Å². The number of aryl methyl sites for hydroxylation is 3. The van der Waals surface area contributed by atoms with Crippen molar-refractivity contribution in [2.75, 3.05) is 5.32 Å². The lowest BCUT2D eigenvalue weighted by Gasteiger charge is -2.12. The molecule has 0 saturated carbocycles. The second-order valence-corrected chi connectivity index (χ2v) is 7.06. The Morgan fingerprint density at radius 1 is 0.857 bits per heavy atom. The molecule has 2 aromatic heterocycles. The molecule has 0 aliphatic carbocycles. The summed E-state index contributed by atoms with van der Waals surface area (Å²) in [4.78, 5) is 21.9. The first kappa shape index (κ1) is 17.9. The van der Waals surface area contributed by atoms with Gasteiger partial charge in [0.2, 0.25) is 0 Å². The number of amides is 1. The smallest absolute Gasteiger partial charge is 0.256 e. The lowest BCUT2D eigenvalue weighted by molar-refractivity contribution is 0.102. The first-order valence-corrected chi connectivity index (χ1v) is 9.22. The molecule has 28 heavy (non-hydrogen) atoms. The summed E-state index contributed by atoms with van der Waals surface area (Å²) in [5.41, 5.74) is 7.45. The van der Waals surface area contributed by atoms with Gasteiger partial charge in [0.05, 0.1) is 16.8 Å². The lowest BCUT2D eigenvalue weighted by atomic mass is 9.99. The zero-order chi connectivity index (χ0) is 19.7. The van der Waals surface area contributed by atoms with E-state index in [1.807, 2.05) is 31.2 Å². The Morgan fingerprint density at radius 3 is 2.39 bits per heavy atom. The number of pyridine rings is 2. The average molecular weight is 367 g/mol. The highest BCUT2D eigenvalue weighted by atomic mass is 16.1. The summed E-state index contributed by atoms with van der Waals surface area (Å²) in [5.74, 6) is -0.158. The maximum absolute atomic E-state index is 13.1. The molecule has 4 nitrogen and oxygen atoms in total. The van der Waals surface area contributed by atoms with Gasteiger partial charge in [0.15, 0.2) is 0 Å². The molecule has 138 valence electrons. The number of nitrogens with zero attached hydrogens (tertiary/aromatic N) is 2. The number of aromatic nitrogens is 2. The second kappa shape index (κ2) is 7.24. The minimum atomic E-state index is -0.158. The molecule has 2 aromatic carbocycles. The summed E-state index contributed by atoms with van der Waals surface area (Å²) in [6.45, 7) is 6.19. The van der Waals surface area contributed by atoms with Gasteiger partial charge in [0.1, 0.15) is 0 Å². The fourth-order valence-corrected chi connectivity index (χ4v) is 3.21. The molecule has 0 unspecified atom stereocenters. The monoisotopic (exact) mass is 367 g/mol. The van der Waals surface area contributed by atoms with Gasteiger partial charge in [-0.3, -0.25) is 9.78 Å². The van der Waals surface area contributed by atoms with Crippen molar-refractivity contribution in [2.45, 2.75) is 20.8 Å². The van der Waals surface area contributed by atoms with Crippen molar-refractivity contribution in [3.05, 3.63) is 89.2 Å². The Labute approximate surface area is 164 Å². The van der Waals surface area contributed by atoms with Crippen LogP contribution in [0, 0.1) is 20.8 Å². The highest BCUT2D eigenvalue weighted by Crippen LogP contribution is 2.27. The van der Waals surface area contributed by atoms with E-state index in [9.17, 15) is 4.79 Å². The zero-order valence-electron chi connectivity index (χ0n) is 16.2. The molecule has 0 radical (unpaired) electrons. The number of benzene rings is 2. The zero-order valence-corrected chi connectivity index (χ0v) is 16.2. The van der Waals surface area contributed by atoms with Gasteiger partial charge in [-0.25, -0.2) is 4.98 Å². The van der Waals surface area contributed by atoms with E-state index in [0.717, 1.165) is 27.7 Å². The van der Waals surface area contributed by atoms with Crippen LogP contribution < -0.4 is 5.32 Å². The number of carbonyl (C=O) groups is 1. The topological polar surface area (TPSA) is 54.9 Å². The molecule has 0 aliphatic heterocycles.